The van der Waals surface area contributed by atoms with Gasteiger partial charge in [0.1, 0.15) is 5.69 Å². The molecule has 0 atom stereocenters. The van der Waals surface area contributed by atoms with Crippen LogP contribution in [0.4, 0.5) is 8.78 Å². The van der Waals surface area contributed by atoms with Crippen molar-refractivity contribution in [2.75, 3.05) is 0 Å². The Bertz CT molecular complexity index is 385. The van der Waals surface area contributed by atoms with E-state index in [1.807, 2.05) is 28.7 Å². The zero-order valence-electron chi connectivity index (χ0n) is 7.39. The zero-order chi connectivity index (χ0) is 10.7. The first-order chi connectivity index (χ1) is 6.57. The minimum Gasteiger partial charge on any atom is -0.254 e. The summed E-state index contributed by atoms with van der Waals surface area (Å²) < 4.78 is 25.8. The van der Waals surface area contributed by atoms with E-state index >= 15 is 0 Å². The number of nitriles is 1. The second kappa shape index (κ2) is 4.64. The molecule has 74 valence electrons. The minimum atomic E-state index is -2.62. The Morgan fingerprint density at radius 3 is 2.79 bits per heavy atom. The highest BCUT2D eigenvalue weighted by Crippen LogP contribution is 2.25. The molecule has 1 rings (SSSR count). The minimum absolute atomic E-state index is 0.0185. The average molecular weight is 308 g/mol. The fraction of sp³-hybridized carbons (Fsp3) is 0.333. The van der Waals surface area contributed by atoms with E-state index in [0.717, 1.165) is 9.13 Å². The van der Waals surface area contributed by atoms with Crippen LogP contribution in [0.5, 0.6) is 0 Å². The Morgan fingerprint density at radius 1 is 1.64 bits per heavy atom. The fourth-order valence-electron chi connectivity index (χ4n) is 1.13. The van der Waals surface area contributed by atoms with Crippen LogP contribution in [0.15, 0.2) is 6.20 Å². The molecule has 0 aromatic carbocycles. The standard InChI is InChI=1S/C9H7F2IN2/c1-5-6(2-3-13)8(9(10)11)14-4-7(5)12/h4,9H,2H2,1H3. The molecule has 0 bridgehead atoms. The highest BCUT2D eigenvalue weighted by Gasteiger charge is 2.17. The van der Waals surface area contributed by atoms with E-state index in [-0.39, 0.29) is 12.1 Å². The normalized spacial score (nSPS) is 10.3. The van der Waals surface area contributed by atoms with Gasteiger partial charge in [0.05, 0.1) is 12.5 Å². The lowest BCUT2D eigenvalue weighted by Gasteiger charge is -2.09. The third-order valence-electron chi connectivity index (χ3n) is 1.90. The molecule has 1 heterocycles. The van der Waals surface area contributed by atoms with E-state index < -0.39 is 6.43 Å². The van der Waals surface area contributed by atoms with Crippen LogP contribution in [0.3, 0.4) is 0 Å². The lowest BCUT2D eigenvalue weighted by atomic mass is 10.1. The summed E-state index contributed by atoms with van der Waals surface area (Å²) in [7, 11) is 0. The maximum Gasteiger partial charge on any atom is 0.280 e. The third kappa shape index (κ3) is 2.18. The van der Waals surface area contributed by atoms with Crippen molar-refractivity contribution in [3.63, 3.8) is 0 Å². The first-order valence-corrected chi connectivity index (χ1v) is 4.94. The first kappa shape index (κ1) is 11.3. The van der Waals surface area contributed by atoms with Gasteiger partial charge in [0.15, 0.2) is 0 Å². The predicted octanol–water partition coefficient (Wildman–Crippen LogP) is 3.00. The summed E-state index contributed by atoms with van der Waals surface area (Å²) in [5.74, 6) is 0. The summed E-state index contributed by atoms with van der Waals surface area (Å²) >= 11 is 2.01. The molecule has 0 aliphatic rings. The van der Waals surface area contributed by atoms with Crippen LogP contribution in [-0.2, 0) is 6.42 Å². The zero-order valence-corrected chi connectivity index (χ0v) is 9.55. The van der Waals surface area contributed by atoms with Crippen LogP contribution < -0.4 is 0 Å². The predicted molar refractivity (Wildman–Crippen MR) is 56.0 cm³/mol. The van der Waals surface area contributed by atoms with Gasteiger partial charge in [-0.2, -0.15) is 5.26 Å². The van der Waals surface area contributed by atoms with Gasteiger partial charge in [-0.25, -0.2) is 8.78 Å². The number of nitrogens with zero attached hydrogens (tertiary/aromatic N) is 2. The lowest BCUT2D eigenvalue weighted by Crippen LogP contribution is -2.02. The van der Waals surface area contributed by atoms with Crippen molar-refractivity contribution in [3.05, 3.63) is 26.6 Å². The van der Waals surface area contributed by atoms with E-state index in [0.29, 0.717) is 5.56 Å². The van der Waals surface area contributed by atoms with Gasteiger partial charge in [0.25, 0.3) is 6.43 Å². The first-order valence-electron chi connectivity index (χ1n) is 3.87. The topological polar surface area (TPSA) is 36.7 Å². The largest absolute Gasteiger partial charge is 0.280 e. The Balaban J connectivity index is 3.31. The molecule has 0 fully saturated rings. The SMILES string of the molecule is Cc1c(I)cnc(C(F)F)c1CC#N. The third-order valence-corrected chi connectivity index (χ3v) is 2.99. The van der Waals surface area contributed by atoms with Crippen LogP contribution in [0, 0.1) is 21.8 Å². The van der Waals surface area contributed by atoms with Crippen molar-refractivity contribution in [1.29, 1.82) is 5.26 Å². The number of halogens is 3. The molecule has 0 aliphatic heterocycles. The molecular formula is C9H7F2IN2. The Kier molecular flexibility index (Phi) is 3.75. The van der Waals surface area contributed by atoms with Crippen molar-refractivity contribution >= 4 is 22.6 Å². The molecule has 1 aromatic heterocycles. The smallest absolute Gasteiger partial charge is 0.254 e. The molecule has 0 spiro atoms. The van der Waals surface area contributed by atoms with Crippen LogP contribution in [0.2, 0.25) is 0 Å². The summed E-state index contributed by atoms with van der Waals surface area (Å²) in [6.45, 7) is 1.72. The van der Waals surface area contributed by atoms with Gasteiger partial charge in [-0.1, -0.05) is 0 Å². The van der Waals surface area contributed by atoms with Gasteiger partial charge in [-0.05, 0) is 40.6 Å². The monoisotopic (exact) mass is 308 g/mol. The Hall–Kier alpha value is -0.770. The molecule has 0 aliphatic carbocycles. The highest BCUT2D eigenvalue weighted by atomic mass is 127. The number of hydrogen-bond acceptors (Lipinski definition) is 2. The molecule has 1 aromatic rings. The van der Waals surface area contributed by atoms with Gasteiger partial charge >= 0.3 is 0 Å². The lowest BCUT2D eigenvalue weighted by molar-refractivity contribution is 0.145. The quantitative estimate of drug-likeness (QED) is 0.788. The summed E-state index contributed by atoms with van der Waals surface area (Å²) in [6, 6.07) is 1.87. The van der Waals surface area contributed by atoms with E-state index in [1.165, 1.54) is 6.20 Å². The van der Waals surface area contributed by atoms with E-state index in [9.17, 15) is 8.78 Å². The Labute approximate surface area is 94.1 Å². The number of hydrogen-bond donors (Lipinski definition) is 0. The van der Waals surface area contributed by atoms with Gasteiger partial charge < -0.3 is 0 Å². The van der Waals surface area contributed by atoms with Gasteiger partial charge in [-0.3, -0.25) is 4.98 Å². The van der Waals surface area contributed by atoms with Crippen molar-refractivity contribution in [2.45, 2.75) is 19.8 Å². The van der Waals surface area contributed by atoms with Crippen LogP contribution >= 0.6 is 22.6 Å². The summed E-state index contributed by atoms with van der Waals surface area (Å²) in [5.41, 5.74) is 0.802. The summed E-state index contributed by atoms with van der Waals surface area (Å²) in [6.07, 6.45) is -1.23. The van der Waals surface area contributed by atoms with Crippen LogP contribution in [0.1, 0.15) is 23.2 Å². The molecule has 0 amide bonds. The van der Waals surface area contributed by atoms with Crippen molar-refractivity contribution < 1.29 is 8.78 Å². The van der Waals surface area contributed by atoms with Gasteiger partial charge in [-0.15, -0.1) is 0 Å². The molecule has 0 unspecified atom stereocenters. The number of alkyl halides is 2. The molecule has 14 heavy (non-hydrogen) atoms. The number of aromatic nitrogens is 1. The van der Waals surface area contributed by atoms with Gasteiger partial charge in [0, 0.05) is 9.77 Å². The molecular weight excluding hydrogens is 301 g/mol. The summed E-state index contributed by atoms with van der Waals surface area (Å²) in [4.78, 5) is 3.65. The maximum absolute atomic E-state index is 12.5. The van der Waals surface area contributed by atoms with Crippen LogP contribution in [-0.4, -0.2) is 4.98 Å². The fourth-order valence-corrected chi connectivity index (χ4v) is 1.59. The Morgan fingerprint density at radius 2 is 2.29 bits per heavy atom. The molecule has 0 N–H and O–H groups in total. The van der Waals surface area contributed by atoms with E-state index in [2.05, 4.69) is 4.98 Å². The van der Waals surface area contributed by atoms with E-state index in [4.69, 9.17) is 5.26 Å². The second-order valence-electron chi connectivity index (χ2n) is 2.73. The second-order valence-corrected chi connectivity index (χ2v) is 3.89. The highest BCUT2D eigenvalue weighted by molar-refractivity contribution is 14.1. The molecule has 0 saturated heterocycles. The molecule has 5 heteroatoms. The van der Waals surface area contributed by atoms with Crippen molar-refractivity contribution in [3.8, 4) is 6.07 Å². The molecule has 0 radical (unpaired) electrons. The maximum atomic E-state index is 12.5. The van der Waals surface area contributed by atoms with E-state index in [1.54, 1.807) is 6.92 Å². The van der Waals surface area contributed by atoms with Crippen molar-refractivity contribution in [1.82, 2.24) is 4.98 Å². The number of pyridine rings is 1. The van der Waals surface area contributed by atoms with Crippen molar-refractivity contribution in [2.24, 2.45) is 0 Å². The summed E-state index contributed by atoms with van der Waals surface area (Å²) in [5, 5.41) is 8.52. The number of rotatable bonds is 2. The average Bonchev–Trinajstić information content (AvgIpc) is 2.13. The molecule has 2 nitrogen and oxygen atoms in total. The molecule has 0 saturated carbocycles. The van der Waals surface area contributed by atoms with Crippen LogP contribution in [0.25, 0.3) is 0 Å². The van der Waals surface area contributed by atoms with Gasteiger partial charge in [0.2, 0.25) is 0 Å².